The lowest BCUT2D eigenvalue weighted by Crippen LogP contribution is -2.47. The number of rotatable bonds is 2. The van der Waals surface area contributed by atoms with Gasteiger partial charge in [-0.25, -0.2) is 4.98 Å². The second-order valence-corrected chi connectivity index (χ2v) is 7.37. The zero-order valence-electron chi connectivity index (χ0n) is 15.1. The molecule has 1 saturated heterocycles. The maximum atomic E-state index is 14.9. The summed E-state index contributed by atoms with van der Waals surface area (Å²) < 4.78 is 16.3. The number of fused-ring (bicyclic) bond motifs is 1. The Hall–Kier alpha value is -2.69. The van der Waals surface area contributed by atoms with Crippen LogP contribution in [0.25, 0.3) is 5.65 Å². The van der Waals surface area contributed by atoms with Crippen molar-refractivity contribution in [2.24, 2.45) is 0 Å². The van der Waals surface area contributed by atoms with Gasteiger partial charge in [-0.1, -0.05) is 43.3 Å². The molecule has 2 aromatic heterocycles. The van der Waals surface area contributed by atoms with Crippen LogP contribution in [0.2, 0.25) is 0 Å². The predicted molar refractivity (Wildman–Crippen MR) is 98.8 cm³/mol. The fourth-order valence-electron chi connectivity index (χ4n) is 3.99. The van der Waals surface area contributed by atoms with Crippen molar-refractivity contribution in [3.63, 3.8) is 0 Å². The quantitative estimate of drug-likeness (QED) is 0.700. The molecule has 0 unspecified atom stereocenters. The molecular formula is C21H22FN3O. The maximum absolute atomic E-state index is 14.9. The number of piperidine rings is 1. The van der Waals surface area contributed by atoms with Gasteiger partial charge in [-0.3, -0.25) is 9.20 Å². The van der Waals surface area contributed by atoms with Gasteiger partial charge >= 0.3 is 0 Å². The molecule has 1 aliphatic rings. The van der Waals surface area contributed by atoms with Crippen LogP contribution in [0.1, 0.15) is 41.5 Å². The molecule has 1 fully saturated rings. The van der Waals surface area contributed by atoms with Gasteiger partial charge in [-0.15, -0.1) is 0 Å². The molecule has 1 aromatic carbocycles. The van der Waals surface area contributed by atoms with Gasteiger partial charge in [0.2, 0.25) is 5.95 Å². The van der Waals surface area contributed by atoms with E-state index in [0.29, 0.717) is 18.7 Å². The summed E-state index contributed by atoms with van der Waals surface area (Å²) in [6.07, 6.45) is 1.90. The minimum absolute atomic E-state index is 0.0865. The van der Waals surface area contributed by atoms with Crippen LogP contribution < -0.4 is 0 Å². The number of amides is 1. The van der Waals surface area contributed by atoms with Crippen molar-refractivity contribution in [3.8, 4) is 0 Å². The van der Waals surface area contributed by atoms with Crippen LogP contribution in [-0.4, -0.2) is 33.3 Å². The summed E-state index contributed by atoms with van der Waals surface area (Å²) >= 11 is 0. The number of aromatic nitrogens is 2. The summed E-state index contributed by atoms with van der Waals surface area (Å²) in [5.74, 6) is -0.900. The van der Waals surface area contributed by atoms with Crippen molar-refractivity contribution in [2.75, 3.05) is 13.1 Å². The largest absolute Gasteiger partial charge is 0.336 e. The lowest BCUT2D eigenvalue weighted by molar-refractivity contribution is 0.0640. The normalized spacial score (nSPS) is 20.5. The first-order valence-electron chi connectivity index (χ1n) is 8.98. The first kappa shape index (κ1) is 16.8. The van der Waals surface area contributed by atoms with E-state index in [0.717, 1.165) is 18.5 Å². The number of imidazole rings is 1. The molecule has 0 N–H and O–H groups in total. The Bertz CT molecular complexity index is 966. The van der Waals surface area contributed by atoms with E-state index in [9.17, 15) is 9.18 Å². The van der Waals surface area contributed by atoms with Gasteiger partial charge in [-0.05, 0) is 37.5 Å². The molecule has 3 heterocycles. The fraction of sp³-hybridized carbons (Fsp3) is 0.333. The number of benzene rings is 1. The third kappa shape index (κ3) is 2.68. The van der Waals surface area contributed by atoms with Crippen LogP contribution in [-0.2, 0) is 5.41 Å². The third-order valence-corrected chi connectivity index (χ3v) is 5.44. The van der Waals surface area contributed by atoms with E-state index in [1.54, 1.807) is 24.0 Å². The van der Waals surface area contributed by atoms with Gasteiger partial charge in [0.15, 0.2) is 5.69 Å². The lowest BCUT2D eigenvalue weighted by Gasteiger charge is -2.40. The summed E-state index contributed by atoms with van der Waals surface area (Å²) in [6, 6.07) is 15.6. The summed E-state index contributed by atoms with van der Waals surface area (Å²) in [6.45, 7) is 5.18. The second kappa shape index (κ2) is 6.24. The Kier molecular flexibility index (Phi) is 4.02. The Labute approximate surface area is 152 Å². The zero-order valence-corrected chi connectivity index (χ0v) is 15.1. The fourth-order valence-corrected chi connectivity index (χ4v) is 3.99. The summed E-state index contributed by atoms with van der Waals surface area (Å²) in [5, 5.41) is 0. The molecule has 4 nitrogen and oxygen atoms in total. The molecule has 0 radical (unpaired) electrons. The molecule has 0 aliphatic carbocycles. The number of carbonyl (C=O) groups is 1. The minimum Gasteiger partial charge on any atom is -0.336 e. The van der Waals surface area contributed by atoms with Crippen LogP contribution in [0.15, 0.2) is 48.5 Å². The molecule has 5 heteroatoms. The lowest BCUT2D eigenvalue weighted by atomic mass is 9.76. The molecule has 134 valence electrons. The Morgan fingerprint density at radius 2 is 1.92 bits per heavy atom. The van der Waals surface area contributed by atoms with Crippen LogP contribution in [0, 0.1) is 12.9 Å². The standard InChI is InChI=1S/C21H22FN3O/c1-15-8-6-11-17-23-18(19(22)25(15)17)20(26)24-13-7-12-21(2,14-24)16-9-4-3-5-10-16/h3-6,8-11H,7,12-14H2,1-2H3/t21-/m0/s1. The number of likely N-dealkylation sites (tertiary alicyclic amines) is 1. The SMILES string of the molecule is Cc1cccc2nc(C(=O)N3CCC[C@](C)(c4ccccc4)C3)c(F)n12. The van der Waals surface area contributed by atoms with Crippen LogP contribution in [0.4, 0.5) is 4.39 Å². The van der Waals surface area contributed by atoms with Crippen molar-refractivity contribution >= 4 is 11.6 Å². The maximum Gasteiger partial charge on any atom is 0.277 e. The molecule has 0 bridgehead atoms. The molecule has 1 aliphatic heterocycles. The van der Waals surface area contributed by atoms with E-state index in [1.807, 2.05) is 24.3 Å². The van der Waals surface area contributed by atoms with Crippen molar-refractivity contribution in [1.29, 1.82) is 0 Å². The third-order valence-electron chi connectivity index (χ3n) is 5.44. The van der Waals surface area contributed by atoms with Crippen LogP contribution in [0.3, 0.4) is 0 Å². The van der Waals surface area contributed by atoms with Crippen molar-refractivity contribution in [1.82, 2.24) is 14.3 Å². The number of hydrogen-bond acceptors (Lipinski definition) is 2. The second-order valence-electron chi connectivity index (χ2n) is 7.37. The smallest absolute Gasteiger partial charge is 0.277 e. The zero-order chi connectivity index (χ0) is 18.3. The average molecular weight is 351 g/mol. The van der Waals surface area contributed by atoms with E-state index in [2.05, 4.69) is 24.0 Å². The highest BCUT2D eigenvalue weighted by atomic mass is 19.1. The van der Waals surface area contributed by atoms with E-state index >= 15 is 0 Å². The van der Waals surface area contributed by atoms with Gasteiger partial charge in [0.1, 0.15) is 5.65 Å². The van der Waals surface area contributed by atoms with Crippen molar-refractivity contribution in [2.45, 2.75) is 32.1 Å². The van der Waals surface area contributed by atoms with Crippen molar-refractivity contribution < 1.29 is 9.18 Å². The van der Waals surface area contributed by atoms with Gasteiger partial charge in [0.05, 0.1) is 0 Å². The van der Waals surface area contributed by atoms with Gasteiger partial charge in [-0.2, -0.15) is 4.39 Å². The molecule has 1 amide bonds. The Balaban J connectivity index is 1.67. The van der Waals surface area contributed by atoms with E-state index in [1.165, 1.54) is 9.96 Å². The average Bonchev–Trinajstić information content (AvgIpc) is 3.00. The topological polar surface area (TPSA) is 37.6 Å². The van der Waals surface area contributed by atoms with E-state index < -0.39 is 5.95 Å². The highest BCUT2D eigenvalue weighted by Gasteiger charge is 2.36. The van der Waals surface area contributed by atoms with Gasteiger partial charge < -0.3 is 4.90 Å². The predicted octanol–water partition coefficient (Wildman–Crippen LogP) is 3.98. The number of halogens is 1. The molecule has 1 atom stereocenters. The van der Waals surface area contributed by atoms with E-state index in [4.69, 9.17) is 0 Å². The summed E-state index contributed by atoms with van der Waals surface area (Å²) in [7, 11) is 0. The van der Waals surface area contributed by atoms with Gasteiger partial charge in [0.25, 0.3) is 5.91 Å². The molecular weight excluding hydrogens is 329 g/mol. The monoisotopic (exact) mass is 351 g/mol. The number of carbonyl (C=O) groups excluding carboxylic acids is 1. The number of pyridine rings is 1. The number of hydrogen-bond donors (Lipinski definition) is 0. The van der Waals surface area contributed by atoms with Gasteiger partial charge in [0, 0.05) is 24.2 Å². The molecule has 0 saturated carbocycles. The number of nitrogens with zero attached hydrogens (tertiary/aromatic N) is 3. The van der Waals surface area contributed by atoms with Crippen LogP contribution in [0.5, 0.6) is 0 Å². The molecule has 0 spiro atoms. The highest BCUT2D eigenvalue weighted by Crippen LogP contribution is 2.34. The summed E-state index contributed by atoms with van der Waals surface area (Å²) in [5.41, 5.74) is 2.19. The Morgan fingerprint density at radius 1 is 1.15 bits per heavy atom. The number of aryl methyl sites for hydroxylation is 1. The van der Waals surface area contributed by atoms with Crippen molar-refractivity contribution in [3.05, 3.63) is 71.4 Å². The van der Waals surface area contributed by atoms with E-state index in [-0.39, 0.29) is 17.0 Å². The highest BCUT2D eigenvalue weighted by molar-refractivity contribution is 5.93. The molecule has 3 aromatic rings. The van der Waals surface area contributed by atoms with Crippen LogP contribution >= 0.6 is 0 Å². The molecule has 4 rings (SSSR count). The minimum atomic E-state index is -0.574. The molecule has 26 heavy (non-hydrogen) atoms. The summed E-state index contributed by atoms with van der Waals surface area (Å²) in [4.78, 5) is 19.0. The first-order chi connectivity index (χ1) is 12.5. The Morgan fingerprint density at radius 3 is 2.65 bits per heavy atom. The first-order valence-corrected chi connectivity index (χ1v) is 8.98.